The Morgan fingerprint density at radius 1 is 1.00 bits per heavy atom. The minimum Gasteiger partial charge on any atom is -0.435 e. The normalized spacial score (nSPS) is 14.0. The van der Waals surface area contributed by atoms with E-state index in [1.807, 2.05) is 12.1 Å². The molecule has 0 unspecified atom stereocenters. The third-order valence-electron chi connectivity index (χ3n) is 4.50. The van der Waals surface area contributed by atoms with Crippen molar-refractivity contribution < 1.29 is 27.8 Å². The molecule has 2 amide bonds. The van der Waals surface area contributed by atoms with Crippen molar-refractivity contribution in [1.29, 1.82) is 0 Å². The fourth-order valence-electron chi connectivity index (χ4n) is 2.95. The van der Waals surface area contributed by atoms with E-state index in [1.165, 1.54) is 12.1 Å². The summed E-state index contributed by atoms with van der Waals surface area (Å²) in [5, 5.41) is 2.80. The first-order valence-corrected chi connectivity index (χ1v) is 9.27. The molecule has 1 aliphatic rings. The van der Waals surface area contributed by atoms with Crippen molar-refractivity contribution >= 4 is 11.8 Å². The van der Waals surface area contributed by atoms with E-state index in [4.69, 9.17) is 4.74 Å². The molecule has 0 aromatic heterocycles. The highest BCUT2D eigenvalue weighted by Crippen LogP contribution is 2.15. The molecule has 0 saturated carbocycles. The standard InChI is InChI=1S/C21H22F2N2O4/c22-21(23)29-18-7-3-15(4-8-18)13-19(26)24-14-16-1-5-17(6-2-16)20(27)25-9-11-28-12-10-25/h1-8,21H,9-14H2,(H,24,26). The van der Waals surface area contributed by atoms with Crippen molar-refractivity contribution in [3.8, 4) is 5.75 Å². The molecule has 6 nitrogen and oxygen atoms in total. The molecule has 1 saturated heterocycles. The Balaban J connectivity index is 1.46. The lowest BCUT2D eigenvalue weighted by Gasteiger charge is -2.26. The molecular formula is C21H22F2N2O4. The summed E-state index contributed by atoms with van der Waals surface area (Å²) in [5.41, 5.74) is 2.17. The van der Waals surface area contributed by atoms with Crippen LogP contribution in [0.4, 0.5) is 8.78 Å². The van der Waals surface area contributed by atoms with Crippen LogP contribution in [-0.2, 0) is 22.5 Å². The van der Waals surface area contributed by atoms with Crippen LogP contribution in [0.3, 0.4) is 0 Å². The Morgan fingerprint density at radius 3 is 2.24 bits per heavy atom. The van der Waals surface area contributed by atoms with Crippen LogP contribution in [0.1, 0.15) is 21.5 Å². The van der Waals surface area contributed by atoms with E-state index in [0.29, 0.717) is 44.0 Å². The molecule has 2 aromatic rings. The van der Waals surface area contributed by atoms with Gasteiger partial charge in [0.25, 0.3) is 5.91 Å². The van der Waals surface area contributed by atoms with Gasteiger partial charge in [0.2, 0.25) is 5.91 Å². The van der Waals surface area contributed by atoms with Gasteiger partial charge < -0.3 is 19.7 Å². The van der Waals surface area contributed by atoms with Gasteiger partial charge in [-0.3, -0.25) is 9.59 Å². The van der Waals surface area contributed by atoms with Crippen LogP contribution in [0, 0.1) is 0 Å². The lowest BCUT2D eigenvalue weighted by Crippen LogP contribution is -2.40. The molecule has 3 rings (SSSR count). The molecule has 0 aliphatic carbocycles. The number of rotatable bonds is 7. The number of nitrogens with zero attached hydrogens (tertiary/aromatic N) is 1. The summed E-state index contributed by atoms with van der Waals surface area (Å²) in [6, 6.07) is 13.1. The first kappa shape index (κ1) is 20.7. The van der Waals surface area contributed by atoms with E-state index in [0.717, 1.165) is 5.56 Å². The summed E-state index contributed by atoms with van der Waals surface area (Å²) in [6.07, 6.45) is 0.128. The predicted octanol–water partition coefficient (Wildman–Crippen LogP) is 2.62. The number of hydrogen-bond acceptors (Lipinski definition) is 4. The van der Waals surface area contributed by atoms with Gasteiger partial charge in [0.05, 0.1) is 19.6 Å². The molecule has 8 heteroatoms. The Morgan fingerprint density at radius 2 is 1.62 bits per heavy atom. The highest BCUT2D eigenvalue weighted by Gasteiger charge is 2.18. The largest absolute Gasteiger partial charge is 0.435 e. The minimum atomic E-state index is -2.88. The summed E-state index contributed by atoms with van der Waals surface area (Å²) in [6.45, 7) is -0.259. The third-order valence-corrected chi connectivity index (χ3v) is 4.50. The zero-order valence-corrected chi connectivity index (χ0v) is 15.8. The maximum absolute atomic E-state index is 12.4. The van der Waals surface area contributed by atoms with Crippen molar-refractivity contribution in [3.05, 3.63) is 65.2 Å². The van der Waals surface area contributed by atoms with Gasteiger partial charge in [-0.15, -0.1) is 0 Å². The van der Waals surface area contributed by atoms with Gasteiger partial charge in [-0.25, -0.2) is 0 Å². The van der Waals surface area contributed by atoms with E-state index in [-0.39, 0.29) is 24.0 Å². The second kappa shape index (κ2) is 9.97. The third kappa shape index (κ3) is 6.25. The molecule has 1 heterocycles. The van der Waals surface area contributed by atoms with Gasteiger partial charge in [0.1, 0.15) is 5.75 Å². The van der Waals surface area contributed by atoms with Crippen molar-refractivity contribution in [2.75, 3.05) is 26.3 Å². The molecular weight excluding hydrogens is 382 g/mol. The number of hydrogen-bond donors (Lipinski definition) is 1. The molecule has 0 atom stereocenters. The number of benzene rings is 2. The van der Waals surface area contributed by atoms with Gasteiger partial charge in [-0.2, -0.15) is 8.78 Å². The highest BCUT2D eigenvalue weighted by atomic mass is 19.3. The van der Waals surface area contributed by atoms with E-state index in [9.17, 15) is 18.4 Å². The van der Waals surface area contributed by atoms with Crippen molar-refractivity contribution in [3.63, 3.8) is 0 Å². The Bertz CT molecular complexity index is 820. The maximum atomic E-state index is 12.4. The molecule has 2 aromatic carbocycles. The summed E-state index contributed by atoms with van der Waals surface area (Å²) < 4.78 is 33.8. The van der Waals surface area contributed by atoms with Crippen LogP contribution in [0.25, 0.3) is 0 Å². The average molecular weight is 404 g/mol. The van der Waals surface area contributed by atoms with Crippen molar-refractivity contribution in [2.45, 2.75) is 19.6 Å². The molecule has 29 heavy (non-hydrogen) atoms. The number of halogens is 2. The smallest absolute Gasteiger partial charge is 0.387 e. The quantitative estimate of drug-likeness (QED) is 0.771. The fraction of sp³-hybridized carbons (Fsp3) is 0.333. The van der Waals surface area contributed by atoms with Crippen molar-refractivity contribution in [1.82, 2.24) is 10.2 Å². The number of carbonyl (C=O) groups excluding carboxylic acids is 2. The van der Waals surface area contributed by atoms with Gasteiger partial charge in [-0.05, 0) is 35.4 Å². The molecule has 0 radical (unpaired) electrons. The van der Waals surface area contributed by atoms with Crippen LogP contribution in [0.2, 0.25) is 0 Å². The molecule has 154 valence electrons. The van der Waals surface area contributed by atoms with Crippen molar-refractivity contribution in [2.24, 2.45) is 0 Å². The van der Waals surface area contributed by atoms with Crippen LogP contribution in [0.5, 0.6) is 5.75 Å². The predicted molar refractivity (Wildman–Crippen MR) is 102 cm³/mol. The Kier molecular flexibility index (Phi) is 7.13. The summed E-state index contributed by atoms with van der Waals surface area (Å²) >= 11 is 0. The van der Waals surface area contributed by atoms with E-state index in [1.54, 1.807) is 29.2 Å². The number of carbonyl (C=O) groups is 2. The lowest BCUT2D eigenvalue weighted by molar-refractivity contribution is -0.120. The number of ether oxygens (including phenoxy) is 2. The second-order valence-electron chi connectivity index (χ2n) is 6.58. The molecule has 1 aliphatic heterocycles. The SMILES string of the molecule is O=C(Cc1ccc(OC(F)F)cc1)NCc1ccc(C(=O)N2CCOCC2)cc1. The number of nitrogens with one attached hydrogen (secondary N) is 1. The van der Waals surface area contributed by atoms with Gasteiger partial charge in [-0.1, -0.05) is 24.3 Å². The van der Waals surface area contributed by atoms with Gasteiger partial charge in [0.15, 0.2) is 0 Å². The monoisotopic (exact) mass is 404 g/mol. The number of alkyl halides is 2. The maximum Gasteiger partial charge on any atom is 0.387 e. The van der Waals surface area contributed by atoms with E-state index < -0.39 is 6.61 Å². The van der Waals surface area contributed by atoms with Gasteiger partial charge >= 0.3 is 6.61 Å². The first-order chi connectivity index (χ1) is 14.0. The highest BCUT2D eigenvalue weighted by molar-refractivity contribution is 5.94. The summed E-state index contributed by atoms with van der Waals surface area (Å²) in [7, 11) is 0. The van der Waals surface area contributed by atoms with E-state index >= 15 is 0 Å². The zero-order valence-electron chi connectivity index (χ0n) is 15.8. The molecule has 0 bridgehead atoms. The van der Waals surface area contributed by atoms with Gasteiger partial charge in [0, 0.05) is 25.2 Å². The second-order valence-corrected chi connectivity index (χ2v) is 6.58. The van der Waals surface area contributed by atoms with Crippen LogP contribution in [-0.4, -0.2) is 49.6 Å². The van der Waals surface area contributed by atoms with Crippen LogP contribution in [0.15, 0.2) is 48.5 Å². The first-order valence-electron chi connectivity index (χ1n) is 9.27. The Labute approximate surface area is 167 Å². The topological polar surface area (TPSA) is 67.9 Å². The minimum absolute atomic E-state index is 0.0249. The average Bonchev–Trinajstić information content (AvgIpc) is 2.74. The number of amides is 2. The van der Waals surface area contributed by atoms with Crippen LogP contribution >= 0.6 is 0 Å². The lowest BCUT2D eigenvalue weighted by atomic mass is 10.1. The molecule has 1 N–H and O–H groups in total. The summed E-state index contributed by atoms with van der Waals surface area (Å²) in [4.78, 5) is 26.3. The Hall–Kier alpha value is -3.00. The number of morpholine rings is 1. The fourth-order valence-corrected chi connectivity index (χ4v) is 2.95. The summed E-state index contributed by atoms with van der Waals surface area (Å²) in [5.74, 6) is -0.167. The molecule has 1 fully saturated rings. The van der Waals surface area contributed by atoms with E-state index in [2.05, 4.69) is 10.1 Å². The van der Waals surface area contributed by atoms with Crippen LogP contribution < -0.4 is 10.1 Å². The molecule has 0 spiro atoms. The zero-order chi connectivity index (χ0) is 20.6.